The maximum atomic E-state index is 5.15. The van der Waals surface area contributed by atoms with Crippen molar-refractivity contribution in [2.24, 2.45) is 0 Å². The Morgan fingerprint density at radius 2 is 0.750 bits per heavy atom. The lowest BCUT2D eigenvalue weighted by Crippen LogP contribution is -1.95. The molecule has 0 spiro atoms. The molecule has 3 heteroatoms. The third kappa shape index (κ3) is 5.10. The van der Waals surface area contributed by atoms with Crippen molar-refractivity contribution in [1.82, 2.24) is 15.0 Å². The van der Waals surface area contributed by atoms with Crippen LogP contribution in [0.5, 0.6) is 0 Å². The molecule has 0 aliphatic heterocycles. The number of benzene rings is 8. The van der Waals surface area contributed by atoms with Crippen LogP contribution in [0.25, 0.3) is 99.2 Å². The third-order valence-corrected chi connectivity index (χ3v) is 10.1. The van der Waals surface area contributed by atoms with E-state index in [9.17, 15) is 0 Å². The van der Waals surface area contributed by atoms with Gasteiger partial charge in [0.25, 0.3) is 0 Å². The van der Waals surface area contributed by atoms with E-state index in [2.05, 4.69) is 145 Å². The zero-order valence-electron chi connectivity index (χ0n) is 28.2. The van der Waals surface area contributed by atoms with Crippen molar-refractivity contribution in [3.8, 4) is 55.9 Å². The number of rotatable bonds is 5. The van der Waals surface area contributed by atoms with Gasteiger partial charge in [0, 0.05) is 29.1 Å². The Morgan fingerprint density at radius 1 is 0.308 bits per heavy atom. The number of para-hydroxylation sites is 2. The Hall–Kier alpha value is -6.97. The molecule has 52 heavy (non-hydrogen) atoms. The zero-order chi connectivity index (χ0) is 34.4. The van der Waals surface area contributed by atoms with Gasteiger partial charge in [-0.1, -0.05) is 146 Å². The summed E-state index contributed by atoms with van der Waals surface area (Å²) < 4.78 is 0. The topological polar surface area (TPSA) is 38.7 Å². The lowest BCUT2D eigenvalue weighted by atomic mass is 9.85. The Balaban J connectivity index is 1.12. The van der Waals surface area contributed by atoms with Crippen molar-refractivity contribution in [2.45, 2.75) is 0 Å². The number of aromatic nitrogens is 3. The normalized spacial score (nSPS) is 11.5. The van der Waals surface area contributed by atoms with E-state index >= 15 is 0 Å². The first kappa shape index (κ1) is 29.9. The predicted octanol–water partition coefficient (Wildman–Crippen LogP) is 12.8. The van der Waals surface area contributed by atoms with Crippen LogP contribution in [0.15, 0.2) is 188 Å². The average molecular weight is 662 g/mol. The number of hydrogen-bond acceptors (Lipinski definition) is 3. The number of nitrogens with zero attached hydrogens (tertiary/aromatic N) is 3. The van der Waals surface area contributed by atoms with E-state index in [1.54, 1.807) is 0 Å². The van der Waals surface area contributed by atoms with E-state index in [1.165, 1.54) is 60.1 Å². The summed E-state index contributed by atoms with van der Waals surface area (Å²) in [4.78, 5) is 14.6. The highest BCUT2D eigenvalue weighted by Crippen LogP contribution is 2.44. The van der Waals surface area contributed by atoms with Crippen molar-refractivity contribution in [2.75, 3.05) is 0 Å². The van der Waals surface area contributed by atoms with E-state index in [-0.39, 0.29) is 0 Å². The van der Waals surface area contributed by atoms with Gasteiger partial charge in [-0.3, -0.25) is 4.98 Å². The smallest absolute Gasteiger partial charge is 0.0973 e. The molecule has 0 bridgehead atoms. The standard InChI is InChI=1S/C49H31N3/c1-2-11-33(12-3-1)48-49(52-45-19-9-8-18-44(45)51-48)34-22-20-32(21-23-34)46-40-14-4-6-16-42(40)47(43-17-7-5-15-41(43)46)38-27-26-35-29-37(25-24-36(35)30-38)39-13-10-28-50-31-39/h1-31H. The minimum atomic E-state index is 0.880. The maximum Gasteiger partial charge on any atom is 0.0973 e. The minimum Gasteiger partial charge on any atom is -0.264 e. The molecule has 10 rings (SSSR count). The molecule has 0 atom stereocenters. The summed E-state index contributed by atoms with van der Waals surface area (Å²) in [6, 6.07) is 62.6. The second kappa shape index (κ2) is 12.4. The van der Waals surface area contributed by atoms with Gasteiger partial charge in [0.1, 0.15) is 0 Å². The molecule has 2 heterocycles. The Morgan fingerprint density at radius 3 is 1.33 bits per heavy atom. The fourth-order valence-electron chi connectivity index (χ4n) is 7.66. The van der Waals surface area contributed by atoms with E-state index in [0.717, 1.165) is 39.1 Å². The Bertz CT molecular complexity index is 2880. The van der Waals surface area contributed by atoms with E-state index < -0.39 is 0 Å². The van der Waals surface area contributed by atoms with Crippen LogP contribution < -0.4 is 0 Å². The van der Waals surface area contributed by atoms with Gasteiger partial charge in [-0.2, -0.15) is 0 Å². The summed E-state index contributed by atoms with van der Waals surface area (Å²) in [6.45, 7) is 0. The Labute approximate surface area is 301 Å². The summed E-state index contributed by atoms with van der Waals surface area (Å²) >= 11 is 0. The molecular formula is C49H31N3. The van der Waals surface area contributed by atoms with Crippen LogP contribution in [-0.4, -0.2) is 15.0 Å². The Kier molecular flexibility index (Phi) is 7.14. The lowest BCUT2D eigenvalue weighted by Gasteiger charge is -2.18. The highest BCUT2D eigenvalue weighted by atomic mass is 14.8. The molecule has 2 aromatic heterocycles. The molecule has 0 fully saturated rings. The first-order chi connectivity index (χ1) is 25.8. The van der Waals surface area contributed by atoms with E-state index in [1.807, 2.05) is 48.8 Å². The van der Waals surface area contributed by atoms with Crippen LogP contribution >= 0.6 is 0 Å². The van der Waals surface area contributed by atoms with Gasteiger partial charge >= 0.3 is 0 Å². The highest BCUT2D eigenvalue weighted by molar-refractivity contribution is 6.21. The molecular weight excluding hydrogens is 631 g/mol. The van der Waals surface area contributed by atoms with Gasteiger partial charge in [0.05, 0.1) is 22.4 Å². The average Bonchev–Trinajstić information content (AvgIpc) is 3.22. The summed E-state index contributed by atoms with van der Waals surface area (Å²) in [5.41, 5.74) is 12.8. The van der Waals surface area contributed by atoms with Crippen LogP contribution in [-0.2, 0) is 0 Å². The van der Waals surface area contributed by atoms with Gasteiger partial charge in [-0.15, -0.1) is 0 Å². The van der Waals surface area contributed by atoms with Crippen LogP contribution in [0.1, 0.15) is 0 Å². The fourth-order valence-corrected chi connectivity index (χ4v) is 7.66. The van der Waals surface area contributed by atoms with E-state index in [0.29, 0.717) is 0 Å². The molecule has 0 N–H and O–H groups in total. The SMILES string of the molecule is c1ccc(-c2nc3ccccc3nc2-c2ccc(-c3c4ccccc4c(-c4ccc5cc(-c6cccnc6)ccc5c4)c4ccccc34)cc2)cc1. The summed E-state index contributed by atoms with van der Waals surface area (Å²) in [5, 5.41) is 7.35. The van der Waals surface area contributed by atoms with Gasteiger partial charge < -0.3 is 0 Å². The second-order valence-corrected chi connectivity index (χ2v) is 13.2. The first-order valence-corrected chi connectivity index (χ1v) is 17.6. The van der Waals surface area contributed by atoms with Crippen LogP contribution in [0.2, 0.25) is 0 Å². The maximum absolute atomic E-state index is 5.15. The predicted molar refractivity (Wildman–Crippen MR) is 217 cm³/mol. The number of hydrogen-bond donors (Lipinski definition) is 0. The first-order valence-electron chi connectivity index (χ1n) is 17.6. The van der Waals surface area contributed by atoms with Crippen molar-refractivity contribution in [3.05, 3.63) is 188 Å². The summed E-state index contributed by atoms with van der Waals surface area (Å²) in [7, 11) is 0. The largest absolute Gasteiger partial charge is 0.264 e. The van der Waals surface area contributed by atoms with E-state index in [4.69, 9.17) is 9.97 Å². The number of fused-ring (bicyclic) bond motifs is 4. The third-order valence-electron chi connectivity index (χ3n) is 10.1. The van der Waals surface area contributed by atoms with Crippen LogP contribution in [0, 0.1) is 0 Å². The monoisotopic (exact) mass is 661 g/mol. The lowest BCUT2D eigenvalue weighted by molar-refractivity contribution is 1.29. The minimum absolute atomic E-state index is 0.880. The molecule has 242 valence electrons. The fraction of sp³-hybridized carbons (Fsp3) is 0. The molecule has 0 saturated carbocycles. The zero-order valence-corrected chi connectivity index (χ0v) is 28.2. The van der Waals surface area contributed by atoms with Crippen LogP contribution in [0.3, 0.4) is 0 Å². The van der Waals surface area contributed by atoms with Gasteiger partial charge in [-0.05, 0) is 90.5 Å². The summed E-state index contributed by atoms with van der Waals surface area (Å²) in [6.07, 6.45) is 3.73. The van der Waals surface area contributed by atoms with Gasteiger partial charge in [0.15, 0.2) is 0 Å². The van der Waals surface area contributed by atoms with Gasteiger partial charge in [-0.25, -0.2) is 9.97 Å². The van der Waals surface area contributed by atoms with Crippen LogP contribution in [0.4, 0.5) is 0 Å². The molecule has 0 aliphatic rings. The molecule has 0 saturated heterocycles. The highest BCUT2D eigenvalue weighted by Gasteiger charge is 2.18. The summed E-state index contributed by atoms with van der Waals surface area (Å²) in [5.74, 6) is 0. The van der Waals surface area contributed by atoms with Gasteiger partial charge in [0.2, 0.25) is 0 Å². The van der Waals surface area contributed by atoms with Crippen molar-refractivity contribution in [1.29, 1.82) is 0 Å². The number of pyridine rings is 1. The van der Waals surface area contributed by atoms with Crippen molar-refractivity contribution >= 4 is 43.4 Å². The van der Waals surface area contributed by atoms with Crippen molar-refractivity contribution in [3.63, 3.8) is 0 Å². The molecule has 10 aromatic rings. The quantitative estimate of drug-likeness (QED) is 0.172. The molecule has 0 amide bonds. The molecule has 3 nitrogen and oxygen atoms in total. The molecule has 0 unspecified atom stereocenters. The molecule has 0 radical (unpaired) electrons. The second-order valence-electron chi connectivity index (χ2n) is 13.2. The molecule has 8 aromatic carbocycles. The molecule has 0 aliphatic carbocycles. The van der Waals surface area contributed by atoms with Crippen molar-refractivity contribution < 1.29 is 0 Å².